The van der Waals surface area contributed by atoms with E-state index in [4.69, 9.17) is 0 Å². The van der Waals surface area contributed by atoms with Crippen molar-refractivity contribution in [3.63, 3.8) is 0 Å². The van der Waals surface area contributed by atoms with Crippen LogP contribution in [0.5, 0.6) is 0 Å². The van der Waals surface area contributed by atoms with Crippen molar-refractivity contribution in [2.45, 2.75) is 13.8 Å². The zero-order valence-corrected chi connectivity index (χ0v) is 21.8. The molecule has 0 saturated heterocycles. The average molecular weight is 571 g/mol. The van der Waals surface area contributed by atoms with E-state index in [0.29, 0.717) is 0 Å². The van der Waals surface area contributed by atoms with Crippen LogP contribution in [0.3, 0.4) is 0 Å². The Kier molecular flexibility index (Phi) is 7.51. The van der Waals surface area contributed by atoms with Gasteiger partial charge in [-0.1, -0.05) is 48.5 Å². The van der Waals surface area contributed by atoms with Crippen molar-refractivity contribution in [2.75, 3.05) is 0 Å². The summed E-state index contributed by atoms with van der Waals surface area (Å²) >= 11 is 0. The van der Waals surface area contributed by atoms with Gasteiger partial charge < -0.3 is 19.8 Å². The van der Waals surface area contributed by atoms with Gasteiger partial charge in [-0.05, 0) is 81.9 Å². The van der Waals surface area contributed by atoms with E-state index in [1.165, 1.54) is 0 Å². The zero-order chi connectivity index (χ0) is 20.3. The fraction of sp³-hybridized carbons (Fsp3) is 0.0833. The Morgan fingerprint density at radius 1 is 0.621 bits per heavy atom. The summed E-state index contributed by atoms with van der Waals surface area (Å²) in [7, 11) is 0. The summed E-state index contributed by atoms with van der Waals surface area (Å²) in [6, 6.07) is 21.9. The molecule has 0 radical (unpaired) electrons. The van der Waals surface area contributed by atoms with Crippen LogP contribution in [0.2, 0.25) is 0 Å². The second-order valence-electron chi connectivity index (χ2n) is 6.60. The van der Waals surface area contributed by atoms with Gasteiger partial charge in [0, 0.05) is 0 Å². The van der Waals surface area contributed by atoms with Crippen LogP contribution in [0.25, 0.3) is 21.5 Å². The second kappa shape index (κ2) is 9.66. The van der Waals surface area contributed by atoms with Crippen molar-refractivity contribution in [2.24, 2.45) is 0 Å². The Hall–Kier alpha value is -2.72. The van der Waals surface area contributed by atoms with Crippen molar-refractivity contribution in [3.8, 4) is 0 Å². The second-order valence-corrected chi connectivity index (χ2v) is 6.60. The maximum atomic E-state index is 10.7. The summed E-state index contributed by atoms with van der Waals surface area (Å²) in [5.74, 6) is -2.25. The maximum absolute atomic E-state index is 10.7. The monoisotopic (exact) mass is 572 g/mol. The molecule has 0 aliphatic heterocycles. The van der Waals surface area contributed by atoms with E-state index in [0.717, 1.165) is 32.7 Å². The van der Waals surface area contributed by atoms with Gasteiger partial charge in [0.15, 0.2) is 0 Å². The van der Waals surface area contributed by atoms with E-state index in [9.17, 15) is 19.8 Å². The number of benzene rings is 4. The van der Waals surface area contributed by atoms with Crippen LogP contribution in [0.1, 0.15) is 31.8 Å². The van der Waals surface area contributed by atoms with Crippen LogP contribution in [0.15, 0.2) is 72.8 Å². The molecule has 4 aromatic rings. The maximum Gasteiger partial charge on any atom is 2.00 e. The number of aromatic carboxylic acids is 2. The molecule has 0 atom stereocenters. The molecule has 0 bridgehead atoms. The van der Waals surface area contributed by atoms with E-state index >= 15 is 0 Å². The summed E-state index contributed by atoms with van der Waals surface area (Å²) < 4.78 is 0. The van der Waals surface area contributed by atoms with Crippen molar-refractivity contribution in [3.05, 3.63) is 95.1 Å². The Balaban J connectivity index is 0.000000200. The van der Waals surface area contributed by atoms with Gasteiger partial charge >= 0.3 is 27.7 Å². The average Bonchev–Trinajstić information content (AvgIpc) is 2.68. The number of rotatable bonds is 2. The number of fused-ring (bicyclic) bond motifs is 2. The first-order valence-electron chi connectivity index (χ1n) is 8.78. The normalized spacial score (nSPS) is 10.0. The molecule has 5 heteroatoms. The molecule has 140 valence electrons. The molecule has 4 rings (SSSR count). The number of carbonyl (C=O) groups is 2. The van der Waals surface area contributed by atoms with Gasteiger partial charge in [-0.25, -0.2) is 0 Å². The number of aryl methyl sites for hydroxylation is 2. The standard InChI is InChI=1S/2C12H10O2.Hg/c2*1-8-6-10(12(13)14)7-9-4-2-3-5-11(8)9;/h2*2-7H,1H3,(H,13,14);/q;;+2/p-2. The SMILES string of the molecule is Cc1cc(C(=O)[O-])cc2ccccc12.Cc1cc(C(=O)[O-])cc2ccccc12.[Hg+2]. The summed E-state index contributed by atoms with van der Waals surface area (Å²) in [6.45, 7) is 3.80. The van der Waals surface area contributed by atoms with Crippen molar-refractivity contribution in [1.82, 2.24) is 0 Å². The minimum atomic E-state index is -1.13. The Morgan fingerprint density at radius 2 is 0.966 bits per heavy atom. The largest absolute Gasteiger partial charge is 2.00 e. The van der Waals surface area contributed by atoms with Crippen LogP contribution < -0.4 is 10.2 Å². The number of hydrogen-bond donors (Lipinski definition) is 0. The summed E-state index contributed by atoms with van der Waals surface area (Å²) in [4.78, 5) is 21.4. The fourth-order valence-corrected chi connectivity index (χ4v) is 3.24. The molecule has 0 fully saturated rings. The molecule has 4 aromatic carbocycles. The molecule has 0 heterocycles. The molecular formula is C24H18HgO4. The number of carboxylic acid groups (broad SMARTS) is 2. The molecule has 0 aromatic heterocycles. The third kappa shape index (κ3) is 5.21. The molecule has 0 spiro atoms. The molecule has 29 heavy (non-hydrogen) atoms. The molecule has 0 N–H and O–H groups in total. The number of carboxylic acids is 2. The van der Waals surface area contributed by atoms with Crippen LogP contribution in [-0.4, -0.2) is 11.9 Å². The van der Waals surface area contributed by atoms with Crippen LogP contribution in [0, 0.1) is 13.8 Å². The third-order valence-corrected chi connectivity index (χ3v) is 4.61. The first-order valence-corrected chi connectivity index (χ1v) is 8.78. The fourth-order valence-electron chi connectivity index (χ4n) is 3.24. The van der Waals surface area contributed by atoms with Crippen molar-refractivity contribution < 1.29 is 47.5 Å². The third-order valence-electron chi connectivity index (χ3n) is 4.61. The van der Waals surface area contributed by atoms with Crippen LogP contribution in [-0.2, 0) is 27.7 Å². The molecule has 0 aliphatic carbocycles. The quantitative estimate of drug-likeness (QED) is 0.347. The van der Waals surface area contributed by atoms with Crippen LogP contribution >= 0.6 is 0 Å². The van der Waals surface area contributed by atoms with Crippen molar-refractivity contribution >= 4 is 33.5 Å². The van der Waals surface area contributed by atoms with Gasteiger partial charge in [-0.3, -0.25) is 0 Å². The minimum Gasteiger partial charge on any atom is -0.545 e. The number of hydrogen-bond acceptors (Lipinski definition) is 4. The first-order chi connectivity index (χ1) is 13.4. The topological polar surface area (TPSA) is 80.3 Å². The van der Waals surface area contributed by atoms with Gasteiger partial charge in [0.05, 0.1) is 11.9 Å². The summed E-state index contributed by atoms with van der Waals surface area (Å²) in [5.41, 5.74) is 2.40. The Bertz CT molecular complexity index is 1100. The van der Waals surface area contributed by atoms with Crippen molar-refractivity contribution in [1.29, 1.82) is 0 Å². The number of carbonyl (C=O) groups excluding carboxylic acids is 2. The molecular weight excluding hydrogens is 553 g/mol. The van der Waals surface area contributed by atoms with E-state index < -0.39 is 11.9 Å². The van der Waals surface area contributed by atoms with Gasteiger partial charge in [0.1, 0.15) is 0 Å². The van der Waals surface area contributed by atoms with Gasteiger partial charge in [-0.15, -0.1) is 0 Å². The Labute approximate surface area is 189 Å². The van der Waals surface area contributed by atoms with Crippen LogP contribution in [0.4, 0.5) is 0 Å². The van der Waals surface area contributed by atoms with Gasteiger partial charge in [0.25, 0.3) is 0 Å². The summed E-state index contributed by atoms with van der Waals surface area (Å²) in [5, 5.41) is 25.4. The smallest absolute Gasteiger partial charge is 0.545 e. The van der Waals surface area contributed by atoms with E-state index in [-0.39, 0.29) is 38.8 Å². The molecule has 0 saturated carbocycles. The first kappa shape index (κ1) is 22.6. The predicted molar refractivity (Wildman–Crippen MR) is 106 cm³/mol. The van der Waals surface area contributed by atoms with Gasteiger partial charge in [-0.2, -0.15) is 0 Å². The molecule has 0 unspecified atom stereocenters. The molecule has 0 amide bonds. The molecule has 0 aliphatic rings. The summed E-state index contributed by atoms with van der Waals surface area (Å²) in [6.07, 6.45) is 0. The van der Waals surface area contributed by atoms with E-state index in [1.807, 2.05) is 62.4 Å². The zero-order valence-electron chi connectivity index (χ0n) is 16.3. The molecule has 4 nitrogen and oxygen atoms in total. The van der Waals surface area contributed by atoms with E-state index in [1.54, 1.807) is 24.3 Å². The predicted octanol–water partition coefficient (Wildman–Crippen LogP) is 3.02. The minimum absolute atomic E-state index is 0. The van der Waals surface area contributed by atoms with Gasteiger partial charge in [0.2, 0.25) is 0 Å². The van der Waals surface area contributed by atoms with E-state index in [2.05, 4.69) is 0 Å². The Morgan fingerprint density at radius 3 is 1.31 bits per heavy atom.